The number of hydrogen-bond acceptors (Lipinski definition) is 3. The highest BCUT2D eigenvalue weighted by atomic mass is 79.9. The first-order chi connectivity index (χ1) is 9.04. The van der Waals surface area contributed by atoms with Crippen LogP contribution in [-0.4, -0.2) is 23.0 Å². The molecule has 102 valence electrons. The van der Waals surface area contributed by atoms with Gasteiger partial charge in [0, 0.05) is 12.1 Å². The van der Waals surface area contributed by atoms with Gasteiger partial charge in [-0.15, -0.1) is 0 Å². The van der Waals surface area contributed by atoms with Crippen LogP contribution < -0.4 is 5.32 Å². The minimum Gasteiger partial charge on any atom is -0.481 e. The smallest absolute Gasteiger partial charge is 0.306 e. The van der Waals surface area contributed by atoms with Crippen molar-refractivity contribution in [3.05, 3.63) is 28.6 Å². The minimum atomic E-state index is -0.785. The van der Waals surface area contributed by atoms with Crippen LogP contribution >= 0.6 is 15.9 Å². The van der Waals surface area contributed by atoms with Crippen LogP contribution in [0.2, 0.25) is 0 Å². The molecule has 1 aromatic heterocycles. The molecule has 0 radical (unpaired) electrons. The van der Waals surface area contributed by atoms with E-state index < -0.39 is 5.97 Å². The monoisotopic (exact) mass is 327 g/mol. The second-order valence-corrected chi connectivity index (χ2v) is 5.31. The largest absolute Gasteiger partial charge is 0.481 e. The highest BCUT2D eigenvalue weighted by Crippen LogP contribution is 2.25. The fraction of sp³-hybridized carbons (Fsp3) is 0.385. The molecule has 0 saturated heterocycles. The zero-order valence-corrected chi connectivity index (χ0v) is 11.7. The van der Waals surface area contributed by atoms with Crippen molar-refractivity contribution >= 4 is 33.9 Å². The Morgan fingerprint density at radius 3 is 2.79 bits per heavy atom. The van der Waals surface area contributed by atoms with Gasteiger partial charge in [-0.2, -0.15) is 0 Å². The molecule has 2 unspecified atom stereocenters. The molecular formula is C13H14BrNO4. The highest BCUT2D eigenvalue weighted by molar-refractivity contribution is 9.10. The molecule has 1 aliphatic rings. The summed E-state index contributed by atoms with van der Waals surface area (Å²) in [5, 5.41) is 11.7. The number of nitrogens with one attached hydrogen (secondary N) is 1. The van der Waals surface area contributed by atoms with Gasteiger partial charge in [0.25, 0.3) is 0 Å². The summed E-state index contributed by atoms with van der Waals surface area (Å²) in [6.07, 6.45) is 4.79. The molecule has 1 amide bonds. The second-order valence-electron chi connectivity index (χ2n) is 4.53. The third-order valence-corrected chi connectivity index (χ3v) is 3.55. The Balaban J connectivity index is 1.82. The summed E-state index contributed by atoms with van der Waals surface area (Å²) < 4.78 is 5.83. The maximum atomic E-state index is 11.7. The van der Waals surface area contributed by atoms with Crippen LogP contribution in [0.5, 0.6) is 0 Å². The molecule has 1 fully saturated rings. The lowest BCUT2D eigenvalue weighted by Gasteiger charge is -2.09. The Labute approximate surface area is 118 Å². The average molecular weight is 328 g/mol. The highest BCUT2D eigenvalue weighted by Gasteiger charge is 2.30. The standard InChI is InChI=1S/C13H14BrNO4/c14-11-5-3-10(19-11)4-6-12(16)15-9-2-1-8(7-9)13(17)18/h3-6,8-9H,1-2,7H2,(H,15,16)(H,17,18). The van der Waals surface area contributed by atoms with E-state index in [2.05, 4.69) is 21.2 Å². The summed E-state index contributed by atoms with van der Waals surface area (Å²) in [5.41, 5.74) is 0. The molecule has 0 aliphatic heterocycles. The molecule has 1 aromatic rings. The second kappa shape index (κ2) is 6.06. The Hall–Kier alpha value is -1.56. The molecule has 5 nitrogen and oxygen atoms in total. The number of carboxylic acid groups (broad SMARTS) is 1. The molecule has 1 aliphatic carbocycles. The molecule has 1 heterocycles. The predicted octanol–water partition coefficient (Wildman–Crippen LogP) is 2.42. The van der Waals surface area contributed by atoms with Gasteiger partial charge in [-0.1, -0.05) is 0 Å². The molecular weight excluding hydrogens is 314 g/mol. The lowest BCUT2D eigenvalue weighted by Crippen LogP contribution is -2.31. The number of carbonyl (C=O) groups is 2. The third-order valence-electron chi connectivity index (χ3n) is 3.12. The van der Waals surface area contributed by atoms with E-state index >= 15 is 0 Å². The minimum absolute atomic E-state index is 0.0541. The number of hydrogen-bond donors (Lipinski definition) is 2. The van der Waals surface area contributed by atoms with E-state index in [1.54, 1.807) is 18.2 Å². The number of carbonyl (C=O) groups excluding carboxylic acids is 1. The molecule has 0 bridgehead atoms. The van der Waals surface area contributed by atoms with Crippen LogP contribution in [0, 0.1) is 5.92 Å². The lowest BCUT2D eigenvalue weighted by atomic mass is 10.1. The van der Waals surface area contributed by atoms with Crippen molar-refractivity contribution in [3.8, 4) is 0 Å². The molecule has 19 heavy (non-hydrogen) atoms. The van der Waals surface area contributed by atoms with Gasteiger partial charge >= 0.3 is 5.97 Å². The van der Waals surface area contributed by atoms with Gasteiger partial charge in [0.1, 0.15) is 5.76 Å². The third kappa shape index (κ3) is 3.96. The fourth-order valence-corrected chi connectivity index (χ4v) is 2.48. The van der Waals surface area contributed by atoms with Gasteiger partial charge in [-0.3, -0.25) is 9.59 Å². The Bertz CT molecular complexity index is 508. The number of carboxylic acids is 1. The number of rotatable bonds is 4. The quantitative estimate of drug-likeness (QED) is 0.832. The van der Waals surface area contributed by atoms with Crippen molar-refractivity contribution in [2.75, 3.05) is 0 Å². The van der Waals surface area contributed by atoms with Crippen LogP contribution in [-0.2, 0) is 9.59 Å². The number of amides is 1. The van der Waals surface area contributed by atoms with Crippen LogP contribution in [0.1, 0.15) is 25.0 Å². The molecule has 0 spiro atoms. The van der Waals surface area contributed by atoms with Gasteiger partial charge in [-0.25, -0.2) is 0 Å². The van der Waals surface area contributed by atoms with Crippen LogP contribution in [0.3, 0.4) is 0 Å². The first-order valence-electron chi connectivity index (χ1n) is 6.01. The first kappa shape index (κ1) is 13.9. The van der Waals surface area contributed by atoms with Gasteiger partial charge in [0.2, 0.25) is 5.91 Å². The van der Waals surface area contributed by atoms with E-state index in [4.69, 9.17) is 9.52 Å². The molecule has 1 saturated carbocycles. The molecule has 2 rings (SSSR count). The normalized spacial score (nSPS) is 22.8. The van der Waals surface area contributed by atoms with Crippen LogP contribution in [0.15, 0.2) is 27.3 Å². The predicted molar refractivity (Wildman–Crippen MR) is 72.3 cm³/mol. The van der Waals surface area contributed by atoms with E-state index in [1.807, 2.05) is 0 Å². The molecule has 2 atom stereocenters. The summed E-state index contributed by atoms with van der Waals surface area (Å²) in [7, 11) is 0. The summed E-state index contributed by atoms with van der Waals surface area (Å²) >= 11 is 3.17. The van der Waals surface area contributed by atoms with Gasteiger partial charge in [0.05, 0.1) is 5.92 Å². The van der Waals surface area contributed by atoms with Crippen molar-refractivity contribution < 1.29 is 19.1 Å². The van der Waals surface area contributed by atoms with E-state index in [0.29, 0.717) is 29.7 Å². The van der Waals surface area contributed by atoms with Crippen molar-refractivity contribution in [1.82, 2.24) is 5.32 Å². The average Bonchev–Trinajstić information content (AvgIpc) is 2.96. The zero-order chi connectivity index (χ0) is 13.8. The van der Waals surface area contributed by atoms with E-state index in [1.165, 1.54) is 6.08 Å². The Kier molecular flexibility index (Phi) is 4.42. The van der Waals surface area contributed by atoms with E-state index in [-0.39, 0.29) is 17.9 Å². The Morgan fingerprint density at radius 2 is 2.21 bits per heavy atom. The zero-order valence-electron chi connectivity index (χ0n) is 10.1. The molecule has 0 aromatic carbocycles. The van der Waals surface area contributed by atoms with Crippen LogP contribution in [0.4, 0.5) is 0 Å². The number of furan rings is 1. The summed E-state index contributed by atoms with van der Waals surface area (Å²) in [5.74, 6) is -0.775. The number of halogens is 1. The summed E-state index contributed by atoms with van der Waals surface area (Å²) in [4.78, 5) is 22.5. The molecule has 2 N–H and O–H groups in total. The Morgan fingerprint density at radius 1 is 1.42 bits per heavy atom. The number of aliphatic carboxylic acids is 1. The van der Waals surface area contributed by atoms with Gasteiger partial charge in [-0.05, 0) is 53.4 Å². The van der Waals surface area contributed by atoms with Crippen molar-refractivity contribution in [2.45, 2.75) is 25.3 Å². The van der Waals surface area contributed by atoms with Gasteiger partial charge < -0.3 is 14.8 Å². The van der Waals surface area contributed by atoms with E-state index in [9.17, 15) is 9.59 Å². The van der Waals surface area contributed by atoms with Crippen molar-refractivity contribution in [2.24, 2.45) is 5.92 Å². The summed E-state index contributed by atoms with van der Waals surface area (Å²) in [6.45, 7) is 0. The lowest BCUT2D eigenvalue weighted by molar-refractivity contribution is -0.141. The van der Waals surface area contributed by atoms with Gasteiger partial charge in [0.15, 0.2) is 4.67 Å². The maximum Gasteiger partial charge on any atom is 0.306 e. The van der Waals surface area contributed by atoms with Crippen molar-refractivity contribution in [1.29, 1.82) is 0 Å². The van der Waals surface area contributed by atoms with Crippen LogP contribution in [0.25, 0.3) is 6.08 Å². The first-order valence-corrected chi connectivity index (χ1v) is 6.80. The van der Waals surface area contributed by atoms with Crippen molar-refractivity contribution in [3.63, 3.8) is 0 Å². The summed E-state index contributed by atoms with van der Waals surface area (Å²) in [6, 6.07) is 3.43. The fourth-order valence-electron chi connectivity index (χ4n) is 2.16. The van der Waals surface area contributed by atoms with E-state index in [0.717, 1.165) is 0 Å². The molecule has 6 heteroatoms. The SMILES string of the molecule is O=C(C=Cc1ccc(Br)o1)NC1CCC(C(=O)O)C1. The maximum absolute atomic E-state index is 11.7. The topological polar surface area (TPSA) is 79.5 Å².